The van der Waals surface area contributed by atoms with Gasteiger partial charge in [-0.3, -0.25) is 14.9 Å². The van der Waals surface area contributed by atoms with Gasteiger partial charge in [-0.1, -0.05) is 12.1 Å². The summed E-state index contributed by atoms with van der Waals surface area (Å²) in [6.07, 6.45) is 3.03. The standard InChI is InChI=1S/C12H13NO3/c14-12-6-2-4-10(8-12)9-3-1-5-11(7-9)13(15)16/h1,3,5,7,10H,2,4,6,8H2. The Hall–Kier alpha value is -1.71. The second-order valence-corrected chi connectivity index (χ2v) is 4.18. The molecular weight excluding hydrogens is 206 g/mol. The van der Waals surface area contributed by atoms with E-state index in [9.17, 15) is 14.9 Å². The lowest BCUT2D eigenvalue weighted by Gasteiger charge is -2.20. The number of ketones is 1. The molecule has 0 radical (unpaired) electrons. The average Bonchev–Trinajstić information content (AvgIpc) is 2.29. The quantitative estimate of drug-likeness (QED) is 0.567. The highest BCUT2D eigenvalue weighted by Crippen LogP contribution is 2.32. The van der Waals surface area contributed by atoms with E-state index in [1.54, 1.807) is 12.1 Å². The molecule has 16 heavy (non-hydrogen) atoms. The zero-order valence-electron chi connectivity index (χ0n) is 8.89. The van der Waals surface area contributed by atoms with Crippen molar-refractivity contribution < 1.29 is 9.72 Å². The second kappa shape index (κ2) is 4.43. The van der Waals surface area contributed by atoms with E-state index in [1.165, 1.54) is 6.07 Å². The van der Waals surface area contributed by atoms with Crippen molar-refractivity contribution in [3.05, 3.63) is 39.9 Å². The van der Waals surface area contributed by atoms with Crippen LogP contribution in [0.1, 0.15) is 37.2 Å². The Balaban J connectivity index is 2.22. The van der Waals surface area contributed by atoms with Gasteiger partial charge in [0, 0.05) is 25.0 Å². The van der Waals surface area contributed by atoms with Gasteiger partial charge >= 0.3 is 0 Å². The van der Waals surface area contributed by atoms with E-state index in [1.807, 2.05) is 6.07 Å². The van der Waals surface area contributed by atoms with Crippen LogP contribution in [0.4, 0.5) is 5.69 Å². The van der Waals surface area contributed by atoms with Crippen molar-refractivity contribution in [3.63, 3.8) is 0 Å². The summed E-state index contributed by atoms with van der Waals surface area (Å²) in [7, 11) is 0. The molecule has 0 aliphatic heterocycles. The fraction of sp³-hybridized carbons (Fsp3) is 0.417. The monoisotopic (exact) mass is 219 g/mol. The van der Waals surface area contributed by atoms with Crippen LogP contribution in [0.3, 0.4) is 0 Å². The van der Waals surface area contributed by atoms with E-state index in [-0.39, 0.29) is 17.4 Å². The number of non-ortho nitro benzene ring substituents is 1. The van der Waals surface area contributed by atoms with Crippen LogP contribution < -0.4 is 0 Å². The summed E-state index contributed by atoms with van der Waals surface area (Å²) >= 11 is 0. The van der Waals surface area contributed by atoms with Crippen molar-refractivity contribution in [2.24, 2.45) is 0 Å². The first kappa shape index (κ1) is 10.8. The number of nitro benzene ring substituents is 1. The number of hydrogen-bond donors (Lipinski definition) is 0. The van der Waals surface area contributed by atoms with Gasteiger partial charge in [0.15, 0.2) is 0 Å². The topological polar surface area (TPSA) is 60.2 Å². The number of hydrogen-bond acceptors (Lipinski definition) is 3. The van der Waals surface area contributed by atoms with Crippen LogP contribution in [-0.4, -0.2) is 10.7 Å². The molecule has 1 aliphatic rings. The number of carbonyl (C=O) groups excluding carboxylic acids is 1. The Labute approximate surface area is 93.4 Å². The Morgan fingerprint density at radius 2 is 2.19 bits per heavy atom. The van der Waals surface area contributed by atoms with Crippen molar-refractivity contribution >= 4 is 11.5 Å². The minimum atomic E-state index is -0.395. The summed E-state index contributed by atoms with van der Waals surface area (Å²) in [5.74, 6) is 0.434. The van der Waals surface area contributed by atoms with Gasteiger partial charge in [-0.2, -0.15) is 0 Å². The molecule has 4 heteroatoms. The van der Waals surface area contributed by atoms with Crippen LogP contribution in [0, 0.1) is 10.1 Å². The highest BCUT2D eigenvalue weighted by molar-refractivity contribution is 5.80. The fourth-order valence-corrected chi connectivity index (χ4v) is 2.20. The first-order valence-electron chi connectivity index (χ1n) is 5.43. The molecule has 1 aliphatic carbocycles. The number of rotatable bonds is 2. The molecule has 84 valence electrons. The number of nitrogens with zero attached hydrogens (tertiary/aromatic N) is 1. The lowest BCUT2D eigenvalue weighted by atomic mass is 9.83. The summed E-state index contributed by atoms with van der Waals surface area (Å²) in [6, 6.07) is 6.63. The zero-order chi connectivity index (χ0) is 11.5. The van der Waals surface area contributed by atoms with Gasteiger partial charge < -0.3 is 0 Å². The lowest BCUT2D eigenvalue weighted by molar-refractivity contribution is -0.384. The third kappa shape index (κ3) is 2.27. The predicted octanol–water partition coefficient (Wildman–Crippen LogP) is 2.82. The molecule has 0 spiro atoms. The fourth-order valence-electron chi connectivity index (χ4n) is 2.20. The minimum absolute atomic E-state index is 0.107. The van der Waals surface area contributed by atoms with Gasteiger partial charge in [0.2, 0.25) is 0 Å². The highest BCUT2D eigenvalue weighted by Gasteiger charge is 2.22. The Morgan fingerprint density at radius 3 is 2.88 bits per heavy atom. The number of Topliss-reactive ketones (excluding diaryl/α,β-unsaturated/α-hetero) is 1. The second-order valence-electron chi connectivity index (χ2n) is 4.18. The lowest BCUT2D eigenvalue weighted by Crippen LogP contribution is -2.13. The van der Waals surface area contributed by atoms with Crippen molar-refractivity contribution in [3.8, 4) is 0 Å². The van der Waals surface area contributed by atoms with Gasteiger partial charge in [-0.05, 0) is 24.3 Å². The molecule has 1 aromatic rings. The molecule has 1 saturated carbocycles. The normalized spacial score (nSPS) is 20.8. The summed E-state index contributed by atoms with van der Waals surface area (Å²) in [4.78, 5) is 21.6. The first-order chi connectivity index (χ1) is 7.66. The molecule has 1 atom stereocenters. The number of nitro groups is 1. The maximum Gasteiger partial charge on any atom is 0.269 e. The highest BCUT2D eigenvalue weighted by atomic mass is 16.6. The zero-order valence-corrected chi connectivity index (χ0v) is 8.89. The van der Waals surface area contributed by atoms with Gasteiger partial charge in [0.25, 0.3) is 5.69 Å². The summed E-state index contributed by atoms with van der Waals surface area (Å²) in [5, 5.41) is 10.6. The maximum absolute atomic E-state index is 11.3. The SMILES string of the molecule is O=C1CCCC(c2cccc([N+](=O)[O-])c2)C1. The summed E-state index contributed by atoms with van der Waals surface area (Å²) < 4.78 is 0. The predicted molar refractivity (Wildman–Crippen MR) is 59.3 cm³/mol. The van der Waals surface area contributed by atoms with Crippen LogP contribution >= 0.6 is 0 Å². The molecule has 1 unspecified atom stereocenters. The van der Waals surface area contributed by atoms with E-state index in [4.69, 9.17) is 0 Å². The molecule has 4 nitrogen and oxygen atoms in total. The van der Waals surface area contributed by atoms with Crippen LogP contribution in [0.15, 0.2) is 24.3 Å². The van der Waals surface area contributed by atoms with Crippen molar-refractivity contribution in [2.75, 3.05) is 0 Å². The van der Waals surface area contributed by atoms with Crippen LogP contribution in [-0.2, 0) is 4.79 Å². The Morgan fingerprint density at radius 1 is 1.38 bits per heavy atom. The van der Waals surface area contributed by atoms with E-state index in [0.29, 0.717) is 12.8 Å². The van der Waals surface area contributed by atoms with Crippen molar-refractivity contribution in [2.45, 2.75) is 31.6 Å². The van der Waals surface area contributed by atoms with Crippen LogP contribution in [0.5, 0.6) is 0 Å². The molecule has 0 bridgehead atoms. The van der Waals surface area contributed by atoms with Crippen LogP contribution in [0.25, 0.3) is 0 Å². The molecule has 0 aromatic heterocycles. The van der Waals surface area contributed by atoms with Crippen molar-refractivity contribution in [1.29, 1.82) is 0 Å². The van der Waals surface area contributed by atoms with Crippen LogP contribution in [0.2, 0.25) is 0 Å². The molecular formula is C12H13NO3. The van der Waals surface area contributed by atoms with Gasteiger partial charge in [0.05, 0.1) is 4.92 Å². The minimum Gasteiger partial charge on any atom is -0.300 e. The average molecular weight is 219 g/mol. The Kier molecular flexibility index (Phi) is 2.99. The van der Waals surface area contributed by atoms with Gasteiger partial charge in [0.1, 0.15) is 5.78 Å². The number of carbonyl (C=O) groups is 1. The molecule has 0 heterocycles. The van der Waals surface area contributed by atoms with Crippen molar-refractivity contribution in [1.82, 2.24) is 0 Å². The van der Waals surface area contributed by atoms with E-state index < -0.39 is 4.92 Å². The largest absolute Gasteiger partial charge is 0.300 e. The maximum atomic E-state index is 11.3. The molecule has 1 aromatic carbocycles. The molecule has 1 fully saturated rings. The third-order valence-electron chi connectivity index (χ3n) is 3.03. The summed E-state index contributed by atoms with van der Waals surface area (Å²) in [5.41, 5.74) is 1.03. The molecule has 0 N–H and O–H groups in total. The van der Waals surface area contributed by atoms with Gasteiger partial charge in [-0.25, -0.2) is 0 Å². The van der Waals surface area contributed by atoms with E-state index in [2.05, 4.69) is 0 Å². The van der Waals surface area contributed by atoms with E-state index in [0.717, 1.165) is 18.4 Å². The Bertz CT molecular complexity index is 428. The third-order valence-corrected chi connectivity index (χ3v) is 3.03. The molecule has 0 amide bonds. The van der Waals surface area contributed by atoms with E-state index >= 15 is 0 Å². The summed E-state index contributed by atoms with van der Waals surface area (Å²) in [6.45, 7) is 0. The first-order valence-corrected chi connectivity index (χ1v) is 5.43. The van der Waals surface area contributed by atoms with Gasteiger partial charge in [-0.15, -0.1) is 0 Å². The number of benzene rings is 1. The molecule has 2 rings (SSSR count). The molecule has 0 saturated heterocycles. The smallest absolute Gasteiger partial charge is 0.269 e.